The highest BCUT2D eigenvalue weighted by Gasteiger charge is 2.42. The van der Waals surface area contributed by atoms with Gasteiger partial charge in [0.05, 0.1) is 10.1 Å². The normalized spacial score (nSPS) is 16.8. The summed E-state index contributed by atoms with van der Waals surface area (Å²) in [5.74, 6) is 5.55. The van der Waals surface area contributed by atoms with Crippen molar-refractivity contribution in [2.24, 2.45) is 5.73 Å². The molecule has 0 bridgehead atoms. The zero-order chi connectivity index (χ0) is 26.2. The lowest BCUT2D eigenvalue weighted by Gasteiger charge is -2.22. The molecule has 9 heteroatoms. The summed E-state index contributed by atoms with van der Waals surface area (Å²) in [6.45, 7) is 0.714. The number of hydrogen-bond acceptors (Lipinski definition) is 5. The Morgan fingerprint density at radius 3 is 2.51 bits per heavy atom. The molecule has 0 aliphatic carbocycles. The lowest BCUT2D eigenvalue weighted by molar-refractivity contribution is -0.132. The summed E-state index contributed by atoms with van der Waals surface area (Å²) in [5.41, 5.74) is 7.41. The van der Waals surface area contributed by atoms with E-state index < -0.39 is 11.2 Å². The second kappa shape index (κ2) is 13.0. The maximum absolute atomic E-state index is 13.2. The van der Waals surface area contributed by atoms with Crippen LogP contribution in [0.3, 0.4) is 0 Å². The van der Waals surface area contributed by atoms with Gasteiger partial charge in [0.25, 0.3) is 0 Å². The molecule has 1 fully saturated rings. The first kappa shape index (κ1) is 27.0. The summed E-state index contributed by atoms with van der Waals surface area (Å²) >= 11 is 6.37. The van der Waals surface area contributed by atoms with Gasteiger partial charge in [0.15, 0.2) is 0 Å². The van der Waals surface area contributed by atoms with Crippen molar-refractivity contribution in [3.63, 3.8) is 0 Å². The van der Waals surface area contributed by atoms with E-state index in [4.69, 9.17) is 5.73 Å². The molecule has 1 aliphatic rings. The Bertz CT molecular complexity index is 1320. The van der Waals surface area contributed by atoms with Crippen LogP contribution in [0, 0.1) is 11.8 Å². The van der Waals surface area contributed by atoms with Crippen LogP contribution in [-0.4, -0.2) is 41.0 Å². The van der Waals surface area contributed by atoms with Crippen LogP contribution in [0.5, 0.6) is 0 Å². The second-order valence-corrected chi connectivity index (χ2v) is 11.8. The van der Waals surface area contributed by atoms with E-state index in [0.717, 1.165) is 25.4 Å². The average Bonchev–Trinajstić information content (AvgIpc) is 3.48. The largest absolute Gasteiger partial charge is 0.370 e. The number of primary amides is 1. The summed E-state index contributed by atoms with van der Waals surface area (Å²) in [6, 6.07) is 21.6. The third-order valence-electron chi connectivity index (χ3n) is 5.73. The number of thioether (sulfide) groups is 1. The third kappa shape index (κ3) is 7.71. The number of carbonyl (C=O) groups excluding carboxylic acids is 3. The first-order valence-electron chi connectivity index (χ1n) is 11.8. The van der Waals surface area contributed by atoms with Gasteiger partial charge in [-0.1, -0.05) is 58.1 Å². The van der Waals surface area contributed by atoms with Gasteiger partial charge in [-0.3, -0.25) is 14.4 Å². The molecular formula is C28H26BrN3O3S2. The molecule has 1 saturated heterocycles. The van der Waals surface area contributed by atoms with E-state index >= 15 is 0 Å². The average molecular weight is 597 g/mol. The van der Waals surface area contributed by atoms with Gasteiger partial charge in [-0.25, -0.2) is 0 Å². The maximum atomic E-state index is 13.2. The molecule has 3 N–H and O–H groups in total. The topological polar surface area (TPSA) is 92.5 Å². The number of halogens is 1. The lowest BCUT2D eigenvalue weighted by atomic mass is 10.1. The van der Waals surface area contributed by atoms with Crippen molar-refractivity contribution in [1.29, 1.82) is 0 Å². The Morgan fingerprint density at radius 1 is 1.03 bits per heavy atom. The minimum Gasteiger partial charge on any atom is -0.370 e. The van der Waals surface area contributed by atoms with Gasteiger partial charge in [-0.2, -0.15) is 0 Å². The fourth-order valence-corrected chi connectivity index (χ4v) is 6.66. The van der Waals surface area contributed by atoms with E-state index in [1.165, 1.54) is 23.1 Å². The van der Waals surface area contributed by atoms with E-state index in [1.807, 2.05) is 66.7 Å². The molecule has 2 aromatic carbocycles. The Balaban J connectivity index is 1.40. The molecule has 190 valence electrons. The van der Waals surface area contributed by atoms with Crippen LogP contribution >= 0.6 is 39.0 Å². The van der Waals surface area contributed by atoms with E-state index in [1.54, 1.807) is 4.90 Å². The lowest BCUT2D eigenvalue weighted by Crippen LogP contribution is -2.36. The van der Waals surface area contributed by atoms with Crippen LogP contribution in [0.1, 0.15) is 39.1 Å². The van der Waals surface area contributed by atoms with Gasteiger partial charge in [-0.15, -0.1) is 23.1 Å². The highest BCUT2D eigenvalue weighted by Crippen LogP contribution is 2.46. The Hall–Kier alpha value is -3.06. The number of nitrogens with two attached hydrogens (primary N) is 1. The number of amides is 3. The van der Waals surface area contributed by atoms with Crippen molar-refractivity contribution in [2.45, 2.75) is 29.9 Å². The molecule has 0 spiro atoms. The minimum absolute atomic E-state index is 0.0704. The molecule has 0 saturated carbocycles. The van der Waals surface area contributed by atoms with Crippen LogP contribution in [-0.2, 0) is 20.8 Å². The van der Waals surface area contributed by atoms with Crippen LogP contribution in [0.25, 0.3) is 0 Å². The second-order valence-electron chi connectivity index (χ2n) is 8.47. The molecule has 2 heterocycles. The summed E-state index contributed by atoms with van der Waals surface area (Å²) in [7, 11) is 0. The molecule has 37 heavy (non-hydrogen) atoms. The number of benzene rings is 2. The number of rotatable bonds is 9. The monoisotopic (exact) mass is 595 g/mol. The van der Waals surface area contributed by atoms with E-state index in [9.17, 15) is 14.4 Å². The Morgan fingerprint density at radius 2 is 1.78 bits per heavy atom. The molecule has 3 amide bonds. The highest BCUT2D eigenvalue weighted by molar-refractivity contribution is 9.10. The molecular weight excluding hydrogens is 570 g/mol. The fourth-order valence-electron chi connectivity index (χ4n) is 3.85. The van der Waals surface area contributed by atoms with Gasteiger partial charge in [0.1, 0.15) is 5.37 Å². The molecule has 6 nitrogen and oxygen atoms in total. The summed E-state index contributed by atoms with van der Waals surface area (Å²) in [6.07, 6.45) is 0.862. The molecule has 2 unspecified atom stereocenters. The van der Waals surface area contributed by atoms with Crippen LogP contribution < -0.4 is 11.1 Å². The SMILES string of the molecule is NC(=O)CCN1C(=O)C(CC(=O)NCCc2ccc(Br)cc2)SC1c1ccc(C#Cc2ccccc2)s1. The van der Waals surface area contributed by atoms with Gasteiger partial charge in [0.2, 0.25) is 17.7 Å². The first-order chi connectivity index (χ1) is 17.9. The van der Waals surface area contributed by atoms with Crippen LogP contribution in [0.2, 0.25) is 0 Å². The van der Waals surface area contributed by atoms with Crippen LogP contribution in [0.15, 0.2) is 71.2 Å². The van der Waals surface area contributed by atoms with Crippen molar-refractivity contribution in [2.75, 3.05) is 13.1 Å². The number of nitrogens with one attached hydrogen (secondary N) is 1. The fraction of sp³-hybridized carbons (Fsp3) is 0.250. The zero-order valence-corrected chi connectivity index (χ0v) is 23.2. The number of carbonyl (C=O) groups is 3. The maximum Gasteiger partial charge on any atom is 0.237 e. The molecule has 3 aromatic rings. The van der Waals surface area contributed by atoms with Gasteiger partial charge in [-0.05, 0) is 48.4 Å². The van der Waals surface area contributed by atoms with E-state index in [-0.39, 0.29) is 36.6 Å². The van der Waals surface area contributed by atoms with Gasteiger partial charge in [0, 0.05) is 40.8 Å². The Labute approximate surface area is 233 Å². The standard InChI is InChI=1S/C28H26BrN3O3S2/c29-21-9-6-20(7-10-21)14-16-31-26(34)18-24-27(35)32(17-15-25(30)33)28(37-24)23-13-12-22(36-23)11-8-19-4-2-1-3-5-19/h1-7,9-10,12-13,24,28H,14-18H2,(H2,30,33)(H,31,34). The smallest absolute Gasteiger partial charge is 0.237 e. The van der Waals surface area contributed by atoms with E-state index in [0.29, 0.717) is 13.0 Å². The first-order valence-corrected chi connectivity index (χ1v) is 14.4. The van der Waals surface area contributed by atoms with Gasteiger partial charge < -0.3 is 16.0 Å². The predicted octanol–water partition coefficient (Wildman–Crippen LogP) is 4.48. The van der Waals surface area contributed by atoms with Gasteiger partial charge >= 0.3 is 0 Å². The summed E-state index contributed by atoms with van der Waals surface area (Å²) < 4.78 is 1.01. The van der Waals surface area contributed by atoms with Crippen LogP contribution in [0.4, 0.5) is 0 Å². The molecule has 2 atom stereocenters. The number of thiophene rings is 1. The quantitative estimate of drug-likeness (QED) is 0.357. The number of nitrogens with zero attached hydrogens (tertiary/aromatic N) is 1. The molecule has 4 rings (SSSR count). The zero-order valence-electron chi connectivity index (χ0n) is 20.0. The summed E-state index contributed by atoms with van der Waals surface area (Å²) in [5, 5.41) is 2.12. The van der Waals surface area contributed by atoms with E-state index in [2.05, 4.69) is 33.1 Å². The van der Waals surface area contributed by atoms with Crippen molar-refractivity contribution < 1.29 is 14.4 Å². The third-order valence-corrected chi connectivity index (χ3v) is 8.92. The van der Waals surface area contributed by atoms with Crippen molar-refractivity contribution >= 4 is 56.8 Å². The molecule has 1 aromatic heterocycles. The predicted molar refractivity (Wildman–Crippen MR) is 152 cm³/mol. The minimum atomic E-state index is -0.522. The Kier molecular flexibility index (Phi) is 9.45. The highest BCUT2D eigenvalue weighted by atomic mass is 79.9. The van der Waals surface area contributed by atoms with Crippen molar-refractivity contribution in [3.05, 3.63) is 92.1 Å². The molecule has 1 aliphatic heterocycles. The summed E-state index contributed by atoms with van der Waals surface area (Å²) in [4.78, 5) is 40.8. The van der Waals surface area contributed by atoms with Crippen molar-refractivity contribution in [3.8, 4) is 11.8 Å². The number of hydrogen-bond donors (Lipinski definition) is 2. The van der Waals surface area contributed by atoms with Crippen molar-refractivity contribution in [1.82, 2.24) is 10.2 Å². The molecule has 0 radical (unpaired) electrons.